The molecule has 0 aliphatic heterocycles. The number of hydrogen-bond donors (Lipinski definition) is 1. The van der Waals surface area contributed by atoms with Crippen molar-refractivity contribution in [2.45, 2.75) is 59.4 Å². The molecule has 2 unspecified atom stereocenters. The van der Waals surface area contributed by atoms with Crippen LogP contribution in [0.2, 0.25) is 0 Å². The summed E-state index contributed by atoms with van der Waals surface area (Å²) >= 11 is 0. The van der Waals surface area contributed by atoms with E-state index in [0.717, 1.165) is 32.2 Å². The molecule has 114 valence electrons. The fourth-order valence-corrected chi connectivity index (χ4v) is 2.63. The molecule has 1 rings (SSSR count). The number of aryl methyl sites for hydroxylation is 1. The van der Waals surface area contributed by atoms with E-state index in [1.807, 2.05) is 0 Å². The lowest BCUT2D eigenvalue weighted by Crippen LogP contribution is -2.26. The first kappa shape index (κ1) is 17.1. The van der Waals surface area contributed by atoms with Crippen molar-refractivity contribution < 1.29 is 8.78 Å². The standard InChI is InChI=1S/C17H27F2N/c1-5-7-12(3)11-15(20-10-6-2)16-14(18)9-8-13(4)17(16)19/h8-9,12,15,20H,5-7,10-11H2,1-4H3. The van der Waals surface area contributed by atoms with E-state index in [1.54, 1.807) is 6.92 Å². The summed E-state index contributed by atoms with van der Waals surface area (Å²) in [6.45, 7) is 8.80. The Morgan fingerprint density at radius 2 is 1.85 bits per heavy atom. The minimum atomic E-state index is -0.439. The highest BCUT2D eigenvalue weighted by Gasteiger charge is 2.22. The Balaban J connectivity index is 3.00. The molecule has 1 aromatic rings. The second-order valence-corrected chi connectivity index (χ2v) is 5.73. The van der Waals surface area contributed by atoms with Crippen LogP contribution in [0.15, 0.2) is 12.1 Å². The topological polar surface area (TPSA) is 12.0 Å². The summed E-state index contributed by atoms with van der Waals surface area (Å²) in [6, 6.07) is 2.63. The van der Waals surface area contributed by atoms with Crippen molar-refractivity contribution in [1.82, 2.24) is 5.32 Å². The summed E-state index contributed by atoms with van der Waals surface area (Å²) in [5.41, 5.74) is 0.717. The van der Waals surface area contributed by atoms with Crippen LogP contribution in [-0.4, -0.2) is 6.54 Å². The Kier molecular flexibility index (Phi) is 7.14. The summed E-state index contributed by atoms with van der Waals surface area (Å²) in [7, 11) is 0. The van der Waals surface area contributed by atoms with Crippen LogP contribution in [0.5, 0.6) is 0 Å². The maximum atomic E-state index is 14.3. The molecule has 3 heteroatoms. The average Bonchev–Trinajstić information content (AvgIpc) is 2.40. The lowest BCUT2D eigenvalue weighted by molar-refractivity contribution is 0.370. The summed E-state index contributed by atoms with van der Waals surface area (Å²) < 4.78 is 28.4. The molecular formula is C17H27F2N. The molecule has 0 aliphatic carbocycles. The minimum absolute atomic E-state index is 0.210. The predicted octanol–water partition coefficient (Wildman–Crippen LogP) is 5.14. The van der Waals surface area contributed by atoms with Crippen molar-refractivity contribution in [2.75, 3.05) is 6.54 Å². The van der Waals surface area contributed by atoms with Crippen LogP contribution in [0.1, 0.15) is 63.6 Å². The Hall–Kier alpha value is -0.960. The maximum Gasteiger partial charge on any atom is 0.133 e. The minimum Gasteiger partial charge on any atom is -0.310 e. The third-order valence-corrected chi connectivity index (χ3v) is 3.73. The number of hydrogen-bond acceptors (Lipinski definition) is 1. The van der Waals surface area contributed by atoms with Gasteiger partial charge in [0.05, 0.1) is 0 Å². The molecule has 0 bridgehead atoms. The van der Waals surface area contributed by atoms with E-state index in [2.05, 4.69) is 26.1 Å². The monoisotopic (exact) mass is 283 g/mol. The van der Waals surface area contributed by atoms with Gasteiger partial charge >= 0.3 is 0 Å². The zero-order valence-electron chi connectivity index (χ0n) is 13.1. The van der Waals surface area contributed by atoms with Gasteiger partial charge in [0, 0.05) is 11.6 Å². The van der Waals surface area contributed by atoms with Gasteiger partial charge in [-0.1, -0.05) is 39.7 Å². The molecule has 0 fully saturated rings. The third-order valence-electron chi connectivity index (χ3n) is 3.73. The maximum absolute atomic E-state index is 14.3. The van der Waals surface area contributed by atoms with Crippen LogP contribution in [-0.2, 0) is 0 Å². The van der Waals surface area contributed by atoms with E-state index in [9.17, 15) is 8.78 Å². The highest BCUT2D eigenvalue weighted by atomic mass is 19.1. The van der Waals surface area contributed by atoms with Crippen molar-refractivity contribution in [3.05, 3.63) is 34.9 Å². The highest BCUT2D eigenvalue weighted by molar-refractivity contribution is 5.29. The molecule has 0 radical (unpaired) electrons. The van der Waals surface area contributed by atoms with Crippen LogP contribution in [0, 0.1) is 24.5 Å². The van der Waals surface area contributed by atoms with Crippen molar-refractivity contribution in [3.63, 3.8) is 0 Å². The summed E-state index contributed by atoms with van der Waals surface area (Å²) in [4.78, 5) is 0. The quantitative estimate of drug-likeness (QED) is 0.696. The number of halogens is 2. The van der Waals surface area contributed by atoms with Gasteiger partial charge in [-0.15, -0.1) is 0 Å². The molecule has 0 heterocycles. The van der Waals surface area contributed by atoms with Crippen LogP contribution in [0.3, 0.4) is 0 Å². The van der Waals surface area contributed by atoms with Gasteiger partial charge in [0.25, 0.3) is 0 Å². The van der Waals surface area contributed by atoms with Crippen molar-refractivity contribution in [2.24, 2.45) is 5.92 Å². The molecule has 1 N–H and O–H groups in total. The lowest BCUT2D eigenvalue weighted by Gasteiger charge is -2.24. The third kappa shape index (κ3) is 4.55. The van der Waals surface area contributed by atoms with Crippen LogP contribution in [0.25, 0.3) is 0 Å². The Bertz CT molecular complexity index is 418. The molecule has 0 saturated carbocycles. The van der Waals surface area contributed by atoms with Gasteiger partial charge in [-0.25, -0.2) is 8.78 Å². The largest absolute Gasteiger partial charge is 0.310 e. The van der Waals surface area contributed by atoms with Crippen molar-refractivity contribution in [3.8, 4) is 0 Å². The summed E-state index contributed by atoms with van der Waals surface area (Å²) in [5, 5.41) is 3.30. The van der Waals surface area contributed by atoms with E-state index < -0.39 is 11.6 Å². The molecule has 0 aromatic heterocycles. The molecule has 0 aliphatic rings. The molecule has 0 saturated heterocycles. The fraction of sp³-hybridized carbons (Fsp3) is 0.647. The SMILES string of the molecule is CCCNC(CC(C)CCC)c1c(F)ccc(C)c1F. The van der Waals surface area contributed by atoms with Gasteiger partial charge in [-0.3, -0.25) is 0 Å². The fourth-order valence-electron chi connectivity index (χ4n) is 2.63. The van der Waals surface area contributed by atoms with Gasteiger partial charge in [0.2, 0.25) is 0 Å². The zero-order chi connectivity index (χ0) is 15.1. The molecule has 0 amide bonds. The first-order chi connectivity index (χ1) is 9.51. The molecule has 1 aromatic carbocycles. The van der Waals surface area contributed by atoms with E-state index in [0.29, 0.717) is 11.5 Å². The average molecular weight is 283 g/mol. The molecule has 1 nitrogen and oxygen atoms in total. The molecule has 2 atom stereocenters. The molecular weight excluding hydrogens is 256 g/mol. The van der Waals surface area contributed by atoms with Crippen LogP contribution >= 0.6 is 0 Å². The lowest BCUT2D eigenvalue weighted by atomic mass is 9.91. The van der Waals surface area contributed by atoms with Crippen LogP contribution in [0.4, 0.5) is 8.78 Å². The zero-order valence-corrected chi connectivity index (χ0v) is 13.1. The second-order valence-electron chi connectivity index (χ2n) is 5.73. The predicted molar refractivity (Wildman–Crippen MR) is 80.8 cm³/mol. The first-order valence-corrected chi connectivity index (χ1v) is 7.69. The van der Waals surface area contributed by atoms with E-state index in [1.165, 1.54) is 12.1 Å². The van der Waals surface area contributed by atoms with E-state index in [-0.39, 0.29) is 11.6 Å². The molecule has 0 spiro atoms. The smallest absolute Gasteiger partial charge is 0.133 e. The summed E-state index contributed by atoms with van der Waals surface area (Å²) in [5.74, 6) is -0.388. The second kappa shape index (κ2) is 8.35. The number of benzene rings is 1. The number of nitrogens with one attached hydrogen (secondary N) is 1. The summed E-state index contributed by atoms with van der Waals surface area (Å²) in [6.07, 6.45) is 3.90. The van der Waals surface area contributed by atoms with Gasteiger partial charge in [-0.2, -0.15) is 0 Å². The van der Waals surface area contributed by atoms with Gasteiger partial charge in [0.1, 0.15) is 11.6 Å². The Labute approximate surface area is 121 Å². The Morgan fingerprint density at radius 1 is 1.15 bits per heavy atom. The molecule has 20 heavy (non-hydrogen) atoms. The van der Waals surface area contributed by atoms with E-state index >= 15 is 0 Å². The first-order valence-electron chi connectivity index (χ1n) is 7.69. The van der Waals surface area contributed by atoms with E-state index in [4.69, 9.17) is 0 Å². The van der Waals surface area contributed by atoms with Gasteiger partial charge in [0.15, 0.2) is 0 Å². The van der Waals surface area contributed by atoms with Gasteiger partial charge < -0.3 is 5.32 Å². The van der Waals surface area contributed by atoms with Crippen molar-refractivity contribution >= 4 is 0 Å². The Morgan fingerprint density at radius 3 is 2.45 bits per heavy atom. The van der Waals surface area contributed by atoms with Crippen LogP contribution < -0.4 is 5.32 Å². The number of rotatable bonds is 8. The normalized spacial score (nSPS) is 14.3. The van der Waals surface area contributed by atoms with Gasteiger partial charge in [-0.05, 0) is 43.9 Å². The highest BCUT2D eigenvalue weighted by Crippen LogP contribution is 2.29. The van der Waals surface area contributed by atoms with Crippen molar-refractivity contribution in [1.29, 1.82) is 0 Å².